The van der Waals surface area contributed by atoms with Gasteiger partial charge in [-0.05, 0) is 34.7 Å². The summed E-state index contributed by atoms with van der Waals surface area (Å²) in [4.78, 5) is 33.2. The Hall–Kier alpha value is -4.04. The molecule has 0 aliphatic carbocycles. The number of tetrazole rings is 1. The van der Waals surface area contributed by atoms with Crippen LogP contribution in [-0.4, -0.2) is 80.1 Å². The minimum absolute atomic E-state index is 0.0513. The summed E-state index contributed by atoms with van der Waals surface area (Å²) in [6, 6.07) is 8.56. The number of alkyl carbamates (subject to hydrolysis) is 1. The minimum Gasteiger partial charge on any atom is -0.497 e. The molecule has 2 aromatic heterocycles. The van der Waals surface area contributed by atoms with E-state index in [-0.39, 0.29) is 17.9 Å². The lowest BCUT2D eigenvalue weighted by Gasteiger charge is -2.49. The summed E-state index contributed by atoms with van der Waals surface area (Å²) in [6.07, 6.45) is 4.22. The summed E-state index contributed by atoms with van der Waals surface area (Å²) < 4.78 is 17.5. The number of methoxy groups -OCH3 is 2. The molecule has 5 rings (SSSR count). The van der Waals surface area contributed by atoms with Gasteiger partial charge in [-0.1, -0.05) is 24.4 Å². The number of hydrogen-bond donors (Lipinski definition) is 1. The van der Waals surface area contributed by atoms with Crippen molar-refractivity contribution in [2.45, 2.75) is 22.9 Å². The maximum atomic E-state index is 13.4. The Labute approximate surface area is 232 Å². The SMILES string of the molecule is C=CCOC(=O)N[C@@H]1C(=O)N2C(c3nnnn3Cc3ccc(OC)cc3OC)=C(Sc3ccncc3)CS[C@H]12. The maximum Gasteiger partial charge on any atom is 0.408 e. The summed E-state index contributed by atoms with van der Waals surface area (Å²) in [5, 5.41) is 14.8. The van der Waals surface area contributed by atoms with Crippen molar-refractivity contribution in [2.75, 3.05) is 26.6 Å². The molecule has 4 heterocycles. The minimum atomic E-state index is -0.735. The molecule has 12 nitrogen and oxygen atoms in total. The molecule has 39 heavy (non-hydrogen) atoms. The highest BCUT2D eigenvalue weighted by Crippen LogP contribution is 2.48. The standard InChI is InChI=1S/C25H25N7O5S2/c1-4-11-37-25(34)27-20-23(33)32-21(19(14-38-24(20)32)39-17-7-9-26-10-8-17)22-28-29-30-31(22)13-15-5-6-16(35-2)12-18(15)36-3/h4-10,12,20,24H,1,11,13-14H2,2-3H3,(H,27,34)/t20-,24-/m1/s1. The molecule has 202 valence electrons. The molecule has 0 radical (unpaired) electrons. The number of nitrogens with one attached hydrogen (secondary N) is 1. The number of carbonyl (C=O) groups is 2. The van der Waals surface area contributed by atoms with E-state index in [1.807, 2.05) is 24.3 Å². The first-order valence-electron chi connectivity index (χ1n) is 11.8. The van der Waals surface area contributed by atoms with E-state index in [0.29, 0.717) is 35.3 Å². The first-order valence-corrected chi connectivity index (χ1v) is 13.7. The van der Waals surface area contributed by atoms with Gasteiger partial charge in [-0.15, -0.1) is 16.9 Å². The molecule has 2 atom stereocenters. The second kappa shape index (κ2) is 11.8. The van der Waals surface area contributed by atoms with E-state index in [2.05, 4.69) is 32.4 Å². The lowest BCUT2D eigenvalue weighted by Crippen LogP contribution is -2.69. The molecule has 2 aliphatic heterocycles. The lowest BCUT2D eigenvalue weighted by atomic mass is 10.0. The van der Waals surface area contributed by atoms with E-state index >= 15 is 0 Å². The molecule has 2 aliphatic rings. The Morgan fingerprint density at radius 1 is 1.26 bits per heavy atom. The third kappa shape index (κ3) is 5.43. The molecule has 1 saturated heterocycles. The van der Waals surface area contributed by atoms with Crippen molar-refractivity contribution in [2.24, 2.45) is 0 Å². The van der Waals surface area contributed by atoms with Gasteiger partial charge in [-0.3, -0.25) is 14.7 Å². The molecule has 1 aromatic carbocycles. The lowest BCUT2D eigenvalue weighted by molar-refractivity contribution is -0.140. The van der Waals surface area contributed by atoms with Gasteiger partial charge in [0.05, 0.1) is 20.8 Å². The fourth-order valence-electron chi connectivity index (χ4n) is 4.16. The summed E-state index contributed by atoms with van der Waals surface area (Å²) in [5.41, 5.74) is 1.43. The van der Waals surface area contributed by atoms with E-state index in [4.69, 9.17) is 14.2 Å². The van der Waals surface area contributed by atoms with Crippen LogP contribution in [0, 0.1) is 0 Å². The average Bonchev–Trinajstić information content (AvgIpc) is 3.42. The number of ether oxygens (including phenoxy) is 3. The van der Waals surface area contributed by atoms with Gasteiger partial charge in [0, 0.05) is 39.6 Å². The van der Waals surface area contributed by atoms with Crippen LogP contribution >= 0.6 is 23.5 Å². The molecule has 1 N–H and O–H groups in total. The van der Waals surface area contributed by atoms with Crippen molar-refractivity contribution < 1.29 is 23.8 Å². The molecular weight excluding hydrogens is 542 g/mol. The number of rotatable bonds is 10. The molecule has 0 spiro atoms. The highest BCUT2D eigenvalue weighted by Gasteiger charge is 2.54. The van der Waals surface area contributed by atoms with E-state index in [1.54, 1.807) is 54.0 Å². The molecule has 0 saturated carbocycles. The highest BCUT2D eigenvalue weighted by molar-refractivity contribution is 8.06. The Bertz CT molecular complexity index is 1410. The molecular formula is C25H25N7O5S2. The molecule has 2 amide bonds. The smallest absolute Gasteiger partial charge is 0.408 e. The average molecular weight is 568 g/mol. The van der Waals surface area contributed by atoms with Gasteiger partial charge in [-0.25, -0.2) is 9.48 Å². The largest absolute Gasteiger partial charge is 0.497 e. The van der Waals surface area contributed by atoms with E-state index in [9.17, 15) is 9.59 Å². The van der Waals surface area contributed by atoms with Crippen LogP contribution in [0.2, 0.25) is 0 Å². The van der Waals surface area contributed by atoms with Gasteiger partial charge in [0.2, 0.25) is 0 Å². The second-order valence-electron chi connectivity index (χ2n) is 8.31. The van der Waals surface area contributed by atoms with Crippen LogP contribution in [0.1, 0.15) is 11.4 Å². The summed E-state index contributed by atoms with van der Waals surface area (Å²) >= 11 is 3.07. The molecule has 0 unspecified atom stereocenters. The van der Waals surface area contributed by atoms with Crippen LogP contribution in [0.15, 0.2) is 65.2 Å². The van der Waals surface area contributed by atoms with Crippen molar-refractivity contribution in [3.05, 3.63) is 71.7 Å². The van der Waals surface area contributed by atoms with Gasteiger partial charge in [-0.2, -0.15) is 0 Å². The zero-order valence-corrected chi connectivity index (χ0v) is 22.8. The topological polar surface area (TPSA) is 134 Å². The van der Waals surface area contributed by atoms with Crippen LogP contribution < -0.4 is 14.8 Å². The van der Waals surface area contributed by atoms with Crippen molar-refractivity contribution >= 4 is 41.2 Å². The van der Waals surface area contributed by atoms with Crippen molar-refractivity contribution in [3.63, 3.8) is 0 Å². The predicted octanol–water partition coefficient (Wildman–Crippen LogP) is 2.79. The van der Waals surface area contributed by atoms with Crippen LogP contribution in [0.25, 0.3) is 5.70 Å². The third-order valence-corrected chi connectivity index (χ3v) is 8.54. The fourth-order valence-corrected chi connectivity index (χ4v) is 6.62. The third-order valence-electron chi connectivity index (χ3n) is 5.99. The van der Waals surface area contributed by atoms with Crippen LogP contribution in [0.3, 0.4) is 0 Å². The normalized spacial score (nSPS) is 18.2. The number of β-lactam (4-membered cyclic amide) rings is 1. The van der Waals surface area contributed by atoms with Gasteiger partial charge < -0.3 is 19.5 Å². The molecule has 0 bridgehead atoms. The van der Waals surface area contributed by atoms with Crippen molar-refractivity contribution in [1.82, 2.24) is 35.4 Å². The van der Waals surface area contributed by atoms with Gasteiger partial charge in [0.1, 0.15) is 35.2 Å². The second-order valence-corrected chi connectivity index (χ2v) is 10.6. The number of nitrogens with zero attached hydrogens (tertiary/aromatic N) is 6. The van der Waals surface area contributed by atoms with Crippen LogP contribution in [0.5, 0.6) is 11.5 Å². The van der Waals surface area contributed by atoms with Crippen LogP contribution in [-0.2, 0) is 16.1 Å². The van der Waals surface area contributed by atoms with E-state index in [0.717, 1.165) is 15.4 Å². The maximum absolute atomic E-state index is 13.4. The monoisotopic (exact) mass is 567 g/mol. The van der Waals surface area contributed by atoms with E-state index in [1.165, 1.54) is 17.8 Å². The van der Waals surface area contributed by atoms with Crippen LogP contribution in [0.4, 0.5) is 4.79 Å². The van der Waals surface area contributed by atoms with E-state index < -0.39 is 12.1 Å². The zero-order chi connectivity index (χ0) is 27.4. The highest BCUT2D eigenvalue weighted by atomic mass is 32.2. The zero-order valence-electron chi connectivity index (χ0n) is 21.1. The molecule has 1 fully saturated rings. The number of thioether (sulfide) groups is 2. The number of hydrogen-bond acceptors (Lipinski definition) is 11. The number of amides is 2. The summed E-state index contributed by atoms with van der Waals surface area (Å²) in [6.45, 7) is 3.88. The number of fused-ring (bicyclic) bond motifs is 1. The predicted molar refractivity (Wildman–Crippen MR) is 145 cm³/mol. The quantitative estimate of drug-likeness (QED) is 0.286. The number of benzene rings is 1. The number of carbonyl (C=O) groups excluding carboxylic acids is 2. The first kappa shape index (κ1) is 26.6. The number of pyridine rings is 1. The molecule has 3 aromatic rings. The Morgan fingerprint density at radius 2 is 2.08 bits per heavy atom. The summed E-state index contributed by atoms with van der Waals surface area (Å²) in [7, 11) is 3.17. The Kier molecular flexibility index (Phi) is 8.02. The summed E-state index contributed by atoms with van der Waals surface area (Å²) in [5.74, 6) is 2.01. The van der Waals surface area contributed by atoms with Gasteiger partial charge in [0.25, 0.3) is 5.91 Å². The Balaban J connectivity index is 1.49. The van der Waals surface area contributed by atoms with Crippen molar-refractivity contribution in [3.8, 4) is 11.5 Å². The van der Waals surface area contributed by atoms with Gasteiger partial charge >= 0.3 is 6.09 Å². The van der Waals surface area contributed by atoms with Gasteiger partial charge in [0.15, 0.2) is 5.82 Å². The molecule has 14 heteroatoms. The first-order chi connectivity index (χ1) is 19.0. The fraction of sp³-hybridized carbons (Fsp3) is 0.280. The Morgan fingerprint density at radius 3 is 2.82 bits per heavy atom. The number of aromatic nitrogens is 5. The van der Waals surface area contributed by atoms with Crippen molar-refractivity contribution in [1.29, 1.82) is 0 Å².